The van der Waals surface area contributed by atoms with Gasteiger partial charge in [0.05, 0.1) is 0 Å². The molecule has 0 radical (unpaired) electrons. The Morgan fingerprint density at radius 1 is 0.905 bits per heavy atom. The van der Waals surface area contributed by atoms with Gasteiger partial charge in [-0.2, -0.15) is 0 Å². The molecule has 21 heavy (non-hydrogen) atoms. The maximum Gasteiger partial charge on any atom is 0.191 e. The molecule has 4 nitrogen and oxygen atoms in total. The van der Waals surface area contributed by atoms with Crippen LogP contribution in [-0.2, 0) is 0 Å². The van der Waals surface area contributed by atoms with Crippen LogP contribution in [0.15, 0.2) is 5.16 Å². The first kappa shape index (κ1) is 14.1. The van der Waals surface area contributed by atoms with Crippen molar-refractivity contribution in [2.24, 2.45) is 5.73 Å². The molecule has 2 atom stereocenters. The lowest BCUT2D eigenvalue weighted by Gasteiger charge is -2.25. The largest absolute Gasteiger partial charge is 0.327 e. The average molecular weight is 306 g/mol. The second-order valence-electron chi connectivity index (χ2n) is 7.03. The monoisotopic (exact) mass is 306 g/mol. The van der Waals surface area contributed by atoms with E-state index in [-0.39, 0.29) is 0 Å². The lowest BCUT2D eigenvalue weighted by atomic mass is 9.97. The Labute approximate surface area is 131 Å². The van der Waals surface area contributed by atoms with E-state index in [4.69, 9.17) is 5.73 Å². The van der Waals surface area contributed by atoms with Crippen LogP contribution in [-0.4, -0.2) is 26.1 Å². The van der Waals surface area contributed by atoms with Gasteiger partial charge in [-0.05, 0) is 38.5 Å². The molecule has 4 rings (SSSR count). The highest BCUT2D eigenvalue weighted by atomic mass is 32.2. The molecule has 1 heterocycles. The molecule has 0 spiro atoms. The second kappa shape index (κ2) is 5.92. The first-order chi connectivity index (χ1) is 10.3. The number of thioether (sulfide) groups is 1. The number of hydrogen-bond acceptors (Lipinski definition) is 4. The molecule has 3 fully saturated rings. The molecule has 1 aromatic heterocycles. The Hall–Kier alpha value is -0.550. The molecule has 0 bridgehead atoms. The van der Waals surface area contributed by atoms with Crippen molar-refractivity contribution in [3.63, 3.8) is 0 Å². The van der Waals surface area contributed by atoms with Gasteiger partial charge in [-0.1, -0.05) is 37.4 Å². The van der Waals surface area contributed by atoms with Crippen molar-refractivity contribution in [3.05, 3.63) is 5.82 Å². The van der Waals surface area contributed by atoms with Crippen LogP contribution in [0, 0.1) is 0 Å². The zero-order chi connectivity index (χ0) is 14.2. The SMILES string of the molecule is NC1CCCCCCC1Sc1nnc(C2CC2)n1C1CC1. The van der Waals surface area contributed by atoms with Crippen molar-refractivity contribution < 1.29 is 0 Å². The van der Waals surface area contributed by atoms with E-state index < -0.39 is 0 Å². The summed E-state index contributed by atoms with van der Waals surface area (Å²) < 4.78 is 2.47. The molecule has 1 aromatic rings. The molecule has 3 aliphatic rings. The van der Waals surface area contributed by atoms with E-state index in [2.05, 4.69) is 14.8 Å². The van der Waals surface area contributed by atoms with Crippen molar-refractivity contribution in [2.45, 2.75) is 92.6 Å². The van der Waals surface area contributed by atoms with Gasteiger partial charge in [0, 0.05) is 23.3 Å². The van der Waals surface area contributed by atoms with Crippen molar-refractivity contribution >= 4 is 11.8 Å². The zero-order valence-electron chi connectivity index (χ0n) is 12.7. The number of nitrogens with two attached hydrogens (primary N) is 1. The summed E-state index contributed by atoms with van der Waals surface area (Å²) in [5, 5.41) is 10.7. The normalized spacial score (nSPS) is 30.9. The van der Waals surface area contributed by atoms with Crippen LogP contribution in [0.1, 0.15) is 82.0 Å². The predicted octanol–water partition coefficient (Wildman–Crippen LogP) is 3.63. The van der Waals surface area contributed by atoms with Gasteiger partial charge in [0.2, 0.25) is 0 Å². The van der Waals surface area contributed by atoms with Crippen LogP contribution in [0.3, 0.4) is 0 Å². The van der Waals surface area contributed by atoms with Gasteiger partial charge >= 0.3 is 0 Å². The first-order valence-corrected chi connectivity index (χ1v) is 9.58. The van der Waals surface area contributed by atoms with Gasteiger partial charge in [0.25, 0.3) is 0 Å². The van der Waals surface area contributed by atoms with Gasteiger partial charge in [0.15, 0.2) is 5.16 Å². The summed E-state index contributed by atoms with van der Waals surface area (Å²) in [4.78, 5) is 0. The van der Waals surface area contributed by atoms with E-state index in [1.54, 1.807) is 0 Å². The second-order valence-corrected chi connectivity index (χ2v) is 8.23. The fourth-order valence-corrected chi connectivity index (χ4v) is 4.74. The highest BCUT2D eigenvalue weighted by Crippen LogP contribution is 2.46. The van der Waals surface area contributed by atoms with E-state index in [9.17, 15) is 0 Å². The van der Waals surface area contributed by atoms with Crippen molar-refractivity contribution in [1.82, 2.24) is 14.8 Å². The van der Waals surface area contributed by atoms with Gasteiger partial charge < -0.3 is 10.3 Å². The minimum Gasteiger partial charge on any atom is -0.327 e. The fourth-order valence-electron chi connectivity index (χ4n) is 3.43. The number of aromatic nitrogens is 3. The zero-order valence-corrected chi connectivity index (χ0v) is 13.5. The van der Waals surface area contributed by atoms with Gasteiger partial charge in [-0.3, -0.25) is 0 Å². The van der Waals surface area contributed by atoms with E-state index in [0.29, 0.717) is 23.3 Å². The topological polar surface area (TPSA) is 56.7 Å². The molecule has 0 aliphatic heterocycles. The summed E-state index contributed by atoms with van der Waals surface area (Å²) in [7, 11) is 0. The maximum atomic E-state index is 6.44. The summed E-state index contributed by atoms with van der Waals surface area (Å²) >= 11 is 1.92. The van der Waals surface area contributed by atoms with Crippen molar-refractivity contribution in [1.29, 1.82) is 0 Å². The predicted molar refractivity (Wildman–Crippen MR) is 85.6 cm³/mol. The summed E-state index contributed by atoms with van der Waals surface area (Å²) in [6.45, 7) is 0. The number of rotatable bonds is 4. The summed E-state index contributed by atoms with van der Waals surface area (Å²) in [6, 6.07) is 1.01. The Balaban J connectivity index is 1.52. The molecule has 0 aromatic carbocycles. The molecule has 0 amide bonds. The third-order valence-corrected chi connectivity index (χ3v) is 6.43. The van der Waals surface area contributed by atoms with Crippen LogP contribution in [0.5, 0.6) is 0 Å². The third-order valence-electron chi connectivity index (χ3n) is 5.06. The highest BCUT2D eigenvalue weighted by Gasteiger charge is 2.37. The minimum absolute atomic E-state index is 0.323. The fraction of sp³-hybridized carbons (Fsp3) is 0.875. The van der Waals surface area contributed by atoms with Crippen LogP contribution in [0.4, 0.5) is 0 Å². The Morgan fingerprint density at radius 2 is 1.67 bits per heavy atom. The smallest absolute Gasteiger partial charge is 0.191 e. The molecule has 0 saturated heterocycles. The molecule has 3 saturated carbocycles. The lowest BCUT2D eigenvalue weighted by Crippen LogP contribution is -2.33. The molecule has 116 valence electrons. The molecular weight excluding hydrogens is 280 g/mol. The standard InChI is InChI=1S/C16H26N4S/c17-13-5-3-1-2-4-6-14(13)21-16-19-18-15(11-7-8-11)20(16)12-9-10-12/h11-14H,1-10,17H2. The van der Waals surface area contributed by atoms with Gasteiger partial charge in [0.1, 0.15) is 5.82 Å². The van der Waals surface area contributed by atoms with E-state index >= 15 is 0 Å². The van der Waals surface area contributed by atoms with Crippen LogP contribution >= 0.6 is 11.8 Å². The third kappa shape index (κ3) is 3.14. The summed E-state index contributed by atoms with van der Waals surface area (Å²) in [5.74, 6) is 1.96. The minimum atomic E-state index is 0.323. The maximum absolute atomic E-state index is 6.44. The molecular formula is C16H26N4S. The molecule has 2 unspecified atom stereocenters. The van der Waals surface area contributed by atoms with Crippen molar-refractivity contribution in [3.8, 4) is 0 Å². The molecule has 3 aliphatic carbocycles. The molecule has 2 N–H and O–H groups in total. The number of nitrogens with zero attached hydrogens (tertiary/aromatic N) is 3. The van der Waals surface area contributed by atoms with Crippen LogP contribution in [0.2, 0.25) is 0 Å². The Bertz CT molecular complexity index is 492. The quantitative estimate of drug-likeness (QED) is 0.923. The van der Waals surface area contributed by atoms with Gasteiger partial charge in [-0.15, -0.1) is 10.2 Å². The number of hydrogen-bond donors (Lipinski definition) is 1. The highest BCUT2D eigenvalue weighted by molar-refractivity contribution is 7.99. The van der Waals surface area contributed by atoms with Crippen LogP contribution < -0.4 is 5.73 Å². The molecule has 5 heteroatoms. The van der Waals surface area contributed by atoms with E-state index in [1.807, 2.05) is 11.8 Å². The summed E-state index contributed by atoms with van der Waals surface area (Å²) in [6.07, 6.45) is 13.0. The van der Waals surface area contributed by atoms with Crippen molar-refractivity contribution in [2.75, 3.05) is 0 Å². The first-order valence-electron chi connectivity index (χ1n) is 8.70. The van der Waals surface area contributed by atoms with Gasteiger partial charge in [-0.25, -0.2) is 0 Å². The average Bonchev–Trinajstić information content (AvgIpc) is 3.37. The summed E-state index contributed by atoms with van der Waals surface area (Å²) in [5.41, 5.74) is 6.44. The van der Waals surface area contributed by atoms with Crippen LogP contribution in [0.25, 0.3) is 0 Å². The Morgan fingerprint density at radius 3 is 2.38 bits per heavy atom. The van der Waals surface area contributed by atoms with E-state index in [1.165, 1.54) is 70.0 Å². The lowest BCUT2D eigenvalue weighted by molar-refractivity contribution is 0.462. The Kier molecular flexibility index (Phi) is 3.96. The van der Waals surface area contributed by atoms with E-state index in [0.717, 1.165) is 5.16 Å².